The van der Waals surface area contributed by atoms with Gasteiger partial charge in [0.2, 0.25) is 5.91 Å². The summed E-state index contributed by atoms with van der Waals surface area (Å²) in [5.41, 5.74) is 2.17. The van der Waals surface area contributed by atoms with Crippen LogP contribution in [0.3, 0.4) is 0 Å². The van der Waals surface area contributed by atoms with Crippen molar-refractivity contribution in [3.05, 3.63) is 70.7 Å². The van der Waals surface area contributed by atoms with Crippen LogP contribution in [0.2, 0.25) is 10.0 Å². The van der Waals surface area contributed by atoms with Crippen LogP contribution in [0.1, 0.15) is 18.5 Å². The molecule has 0 bridgehead atoms. The molecule has 134 valence electrons. The molecule has 0 saturated heterocycles. The highest BCUT2D eigenvalue weighted by molar-refractivity contribution is 6.31. The zero-order valence-corrected chi connectivity index (χ0v) is 15.5. The molecule has 3 aromatic rings. The van der Waals surface area contributed by atoms with E-state index in [1.807, 2.05) is 31.2 Å². The van der Waals surface area contributed by atoms with E-state index >= 15 is 0 Å². The summed E-state index contributed by atoms with van der Waals surface area (Å²) >= 11 is 12.2. The summed E-state index contributed by atoms with van der Waals surface area (Å²) in [7, 11) is 0. The number of carbonyl (C=O) groups is 1. The van der Waals surface area contributed by atoms with E-state index in [-0.39, 0.29) is 18.5 Å². The summed E-state index contributed by atoms with van der Waals surface area (Å²) in [5.74, 6) is -0.201. The second kappa shape index (κ2) is 8.31. The fraction of sp³-hybridized carbons (Fsp3) is 0.167. The molecule has 0 fully saturated rings. The maximum Gasteiger partial charge on any atom is 0.238 e. The van der Waals surface area contributed by atoms with E-state index < -0.39 is 0 Å². The van der Waals surface area contributed by atoms with Gasteiger partial charge in [-0.1, -0.05) is 41.4 Å². The molecule has 1 atom stereocenters. The quantitative estimate of drug-likeness (QED) is 0.671. The number of halogens is 2. The minimum Gasteiger partial charge on any atom is -0.323 e. The molecule has 8 heteroatoms. The molecular weight excluding hydrogens is 373 g/mol. The third kappa shape index (κ3) is 4.40. The van der Waals surface area contributed by atoms with Gasteiger partial charge in [-0.25, -0.2) is 9.67 Å². The molecule has 0 spiro atoms. The van der Waals surface area contributed by atoms with Crippen molar-refractivity contribution in [2.45, 2.75) is 13.0 Å². The van der Waals surface area contributed by atoms with E-state index in [1.54, 1.807) is 29.2 Å². The maximum atomic E-state index is 12.4. The lowest BCUT2D eigenvalue weighted by molar-refractivity contribution is -0.115. The largest absolute Gasteiger partial charge is 0.323 e. The Bertz CT molecular complexity index is 898. The Kier molecular flexibility index (Phi) is 5.88. The van der Waals surface area contributed by atoms with Gasteiger partial charge in [0.05, 0.1) is 17.9 Å². The first-order valence-electron chi connectivity index (χ1n) is 7.97. The first-order chi connectivity index (χ1) is 12.5. The Balaban J connectivity index is 1.67. The van der Waals surface area contributed by atoms with Crippen LogP contribution in [0.25, 0.3) is 5.69 Å². The smallest absolute Gasteiger partial charge is 0.238 e. The number of hydrogen-bond donors (Lipinski definition) is 2. The molecule has 0 radical (unpaired) electrons. The lowest BCUT2D eigenvalue weighted by atomic mass is 10.1. The van der Waals surface area contributed by atoms with Crippen LogP contribution in [0.5, 0.6) is 0 Å². The van der Waals surface area contributed by atoms with Crippen LogP contribution in [-0.4, -0.2) is 27.2 Å². The summed E-state index contributed by atoms with van der Waals surface area (Å²) in [6.07, 6.45) is 2.98. The maximum absolute atomic E-state index is 12.4. The SMILES string of the molecule is C[C@H](NCC(=O)Nc1cc(Cl)ccc1-n1cncn1)c1ccccc1Cl. The van der Waals surface area contributed by atoms with Crippen molar-refractivity contribution in [3.8, 4) is 5.69 Å². The Morgan fingerprint density at radius 3 is 2.77 bits per heavy atom. The molecule has 1 amide bonds. The number of carbonyl (C=O) groups excluding carboxylic acids is 1. The number of nitrogens with zero attached hydrogens (tertiary/aromatic N) is 3. The molecule has 3 rings (SSSR count). The molecule has 0 aliphatic heterocycles. The molecule has 2 aromatic carbocycles. The van der Waals surface area contributed by atoms with Crippen molar-refractivity contribution in [2.75, 3.05) is 11.9 Å². The molecule has 0 unspecified atom stereocenters. The van der Waals surface area contributed by atoms with Gasteiger partial charge in [-0.2, -0.15) is 5.10 Å². The van der Waals surface area contributed by atoms with Crippen LogP contribution in [0.4, 0.5) is 5.69 Å². The number of nitrogens with one attached hydrogen (secondary N) is 2. The molecule has 1 aromatic heterocycles. The Hall–Kier alpha value is -2.41. The van der Waals surface area contributed by atoms with Crippen molar-refractivity contribution >= 4 is 34.8 Å². The average molecular weight is 390 g/mol. The second-order valence-electron chi connectivity index (χ2n) is 5.67. The molecule has 0 aliphatic rings. The third-order valence-electron chi connectivity index (χ3n) is 3.84. The monoisotopic (exact) mass is 389 g/mol. The van der Waals surface area contributed by atoms with E-state index in [4.69, 9.17) is 23.2 Å². The number of benzene rings is 2. The first kappa shape index (κ1) is 18.4. The predicted molar refractivity (Wildman–Crippen MR) is 103 cm³/mol. The second-order valence-corrected chi connectivity index (χ2v) is 6.52. The van der Waals surface area contributed by atoms with Crippen molar-refractivity contribution in [3.63, 3.8) is 0 Å². The minimum atomic E-state index is -0.201. The van der Waals surface area contributed by atoms with E-state index in [1.165, 1.54) is 6.33 Å². The summed E-state index contributed by atoms with van der Waals surface area (Å²) in [4.78, 5) is 16.3. The van der Waals surface area contributed by atoms with E-state index in [0.717, 1.165) is 5.56 Å². The van der Waals surface area contributed by atoms with Gasteiger partial charge < -0.3 is 10.6 Å². The Morgan fingerprint density at radius 2 is 2.04 bits per heavy atom. The number of anilines is 1. The van der Waals surface area contributed by atoms with Gasteiger partial charge >= 0.3 is 0 Å². The van der Waals surface area contributed by atoms with Crippen LogP contribution in [0, 0.1) is 0 Å². The normalized spacial score (nSPS) is 12.0. The lowest BCUT2D eigenvalue weighted by Crippen LogP contribution is -2.30. The number of aromatic nitrogens is 3. The minimum absolute atomic E-state index is 0.0661. The van der Waals surface area contributed by atoms with Crippen LogP contribution in [0.15, 0.2) is 55.1 Å². The van der Waals surface area contributed by atoms with Gasteiger partial charge in [0.15, 0.2) is 0 Å². The molecule has 0 aliphatic carbocycles. The summed E-state index contributed by atoms with van der Waals surface area (Å²) < 4.78 is 1.56. The fourth-order valence-electron chi connectivity index (χ4n) is 2.52. The Morgan fingerprint density at radius 1 is 1.23 bits per heavy atom. The topological polar surface area (TPSA) is 71.8 Å². The lowest BCUT2D eigenvalue weighted by Gasteiger charge is -2.16. The van der Waals surface area contributed by atoms with Crippen molar-refractivity contribution in [2.24, 2.45) is 0 Å². The Labute approximate surface area is 161 Å². The van der Waals surface area contributed by atoms with Gasteiger partial charge in [0.1, 0.15) is 12.7 Å². The van der Waals surface area contributed by atoms with Gasteiger partial charge in [0, 0.05) is 16.1 Å². The highest BCUT2D eigenvalue weighted by atomic mass is 35.5. The van der Waals surface area contributed by atoms with Crippen LogP contribution < -0.4 is 10.6 Å². The van der Waals surface area contributed by atoms with Crippen molar-refractivity contribution in [1.29, 1.82) is 0 Å². The predicted octanol–water partition coefficient (Wildman–Crippen LogP) is 3.86. The highest BCUT2D eigenvalue weighted by Crippen LogP contribution is 2.24. The number of rotatable bonds is 6. The number of hydrogen-bond acceptors (Lipinski definition) is 4. The van der Waals surface area contributed by atoms with Gasteiger partial charge in [-0.3, -0.25) is 4.79 Å². The third-order valence-corrected chi connectivity index (χ3v) is 4.42. The standard InChI is InChI=1S/C18H17Cl2N5O/c1-12(14-4-2-3-5-15(14)20)22-9-18(26)24-16-8-13(19)6-7-17(16)25-11-21-10-23-25/h2-8,10-12,22H,9H2,1H3,(H,24,26)/t12-/m0/s1. The molecule has 6 nitrogen and oxygen atoms in total. The van der Waals surface area contributed by atoms with Gasteiger partial charge in [-0.15, -0.1) is 0 Å². The summed E-state index contributed by atoms with van der Waals surface area (Å²) in [6, 6.07) is 12.6. The molecule has 0 saturated carbocycles. The molecule has 26 heavy (non-hydrogen) atoms. The van der Waals surface area contributed by atoms with Crippen molar-refractivity contribution < 1.29 is 4.79 Å². The summed E-state index contributed by atoms with van der Waals surface area (Å²) in [6.45, 7) is 2.07. The van der Waals surface area contributed by atoms with E-state index in [9.17, 15) is 4.79 Å². The average Bonchev–Trinajstić information content (AvgIpc) is 3.14. The zero-order chi connectivity index (χ0) is 18.5. The fourth-order valence-corrected chi connectivity index (χ4v) is 2.99. The molecule has 1 heterocycles. The molecule has 2 N–H and O–H groups in total. The highest BCUT2D eigenvalue weighted by Gasteiger charge is 2.13. The van der Waals surface area contributed by atoms with Gasteiger partial charge in [0.25, 0.3) is 0 Å². The molecular formula is C18H17Cl2N5O. The zero-order valence-electron chi connectivity index (χ0n) is 14.0. The summed E-state index contributed by atoms with van der Waals surface area (Å²) in [5, 5.41) is 11.3. The van der Waals surface area contributed by atoms with Crippen LogP contribution in [-0.2, 0) is 4.79 Å². The van der Waals surface area contributed by atoms with Crippen LogP contribution >= 0.6 is 23.2 Å². The van der Waals surface area contributed by atoms with E-state index in [0.29, 0.717) is 21.4 Å². The van der Waals surface area contributed by atoms with E-state index in [2.05, 4.69) is 20.7 Å². The van der Waals surface area contributed by atoms with Gasteiger partial charge in [-0.05, 0) is 36.8 Å². The van der Waals surface area contributed by atoms with Crippen molar-refractivity contribution in [1.82, 2.24) is 20.1 Å². The first-order valence-corrected chi connectivity index (χ1v) is 8.72. The number of amides is 1.